The summed E-state index contributed by atoms with van der Waals surface area (Å²) >= 11 is 1.69. The number of carbonyl (C=O) groups excluding carboxylic acids is 1. The van der Waals surface area contributed by atoms with E-state index < -0.39 is 0 Å². The van der Waals surface area contributed by atoms with Gasteiger partial charge in [-0.2, -0.15) is 0 Å². The van der Waals surface area contributed by atoms with Gasteiger partial charge >= 0.3 is 0 Å². The van der Waals surface area contributed by atoms with Crippen molar-refractivity contribution in [2.24, 2.45) is 0 Å². The Morgan fingerprint density at radius 2 is 1.84 bits per heavy atom. The molecule has 0 spiro atoms. The maximum Gasteiger partial charge on any atom is 0.233 e. The first-order chi connectivity index (χ1) is 12.3. The summed E-state index contributed by atoms with van der Waals surface area (Å²) in [6.07, 6.45) is 0.993. The van der Waals surface area contributed by atoms with Gasteiger partial charge in [0.25, 0.3) is 0 Å². The molecule has 1 aromatic rings. The van der Waals surface area contributed by atoms with Crippen LogP contribution >= 0.6 is 11.8 Å². The Morgan fingerprint density at radius 1 is 1.04 bits per heavy atom. The minimum Gasteiger partial charge on any atom is -0.486 e. The van der Waals surface area contributed by atoms with E-state index >= 15 is 0 Å². The lowest BCUT2D eigenvalue weighted by atomic mass is 10.1. The summed E-state index contributed by atoms with van der Waals surface area (Å²) < 4.78 is 16.7. The van der Waals surface area contributed by atoms with Crippen LogP contribution in [0, 0.1) is 0 Å². The number of thioether (sulfide) groups is 1. The largest absolute Gasteiger partial charge is 0.486 e. The topological polar surface area (TPSA) is 51.2 Å². The van der Waals surface area contributed by atoms with E-state index in [1.807, 2.05) is 17.0 Å². The zero-order chi connectivity index (χ0) is 17.1. The second kappa shape index (κ2) is 7.85. The van der Waals surface area contributed by atoms with Gasteiger partial charge in [-0.05, 0) is 24.1 Å². The van der Waals surface area contributed by atoms with Crippen molar-refractivity contribution in [3.05, 3.63) is 23.8 Å². The van der Waals surface area contributed by atoms with Crippen LogP contribution in [-0.2, 0) is 9.53 Å². The first-order valence-electron chi connectivity index (χ1n) is 8.92. The van der Waals surface area contributed by atoms with Crippen molar-refractivity contribution < 1.29 is 19.0 Å². The highest BCUT2D eigenvalue weighted by molar-refractivity contribution is 8.00. The number of morpholine rings is 1. The average molecular weight is 364 g/mol. The van der Waals surface area contributed by atoms with Crippen LogP contribution in [0.1, 0.15) is 17.4 Å². The third-order valence-electron chi connectivity index (χ3n) is 4.80. The van der Waals surface area contributed by atoms with Crippen molar-refractivity contribution >= 4 is 17.7 Å². The summed E-state index contributed by atoms with van der Waals surface area (Å²) in [4.78, 5) is 16.8. The number of nitrogens with zero attached hydrogens (tertiary/aromatic N) is 2. The fourth-order valence-corrected chi connectivity index (χ4v) is 4.68. The third kappa shape index (κ3) is 3.88. The van der Waals surface area contributed by atoms with Crippen LogP contribution in [-0.4, -0.2) is 74.1 Å². The van der Waals surface area contributed by atoms with Crippen molar-refractivity contribution in [2.75, 3.05) is 58.4 Å². The van der Waals surface area contributed by atoms with Crippen LogP contribution in [0.25, 0.3) is 0 Å². The molecule has 1 atom stereocenters. The van der Waals surface area contributed by atoms with Crippen molar-refractivity contribution in [3.63, 3.8) is 0 Å². The molecule has 1 aromatic carbocycles. The molecule has 0 aromatic heterocycles. The number of hydrogen-bond donors (Lipinski definition) is 0. The van der Waals surface area contributed by atoms with E-state index in [0.717, 1.165) is 62.9 Å². The van der Waals surface area contributed by atoms with E-state index in [1.165, 1.54) is 0 Å². The summed E-state index contributed by atoms with van der Waals surface area (Å²) in [6, 6.07) is 6.04. The van der Waals surface area contributed by atoms with Crippen molar-refractivity contribution in [3.8, 4) is 11.5 Å². The lowest BCUT2D eigenvalue weighted by Gasteiger charge is -2.29. The molecule has 3 aliphatic rings. The lowest BCUT2D eigenvalue weighted by Crippen LogP contribution is -2.38. The Labute approximate surface area is 152 Å². The molecule has 0 N–H and O–H groups in total. The van der Waals surface area contributed by atoms with E-state index in [9.17, 15) is 4.79 Å². The van der Waals surface area contributed by atoms with Gasteiger partial charge < -0.3 is 19.1 Å². The molecule has 6 nitrogen and oxygen atoms in total. The van der Waals surface area contributed by atoms with Gasteiger partial charge in [-0.3, -0.25) is 9.69 Å². The fourth-order valence-electron chi connectivity index (χ4n) is 3.47. The predicted molar refractivity (Wildman–Crippen MR) is 96.2 cm³/mol. The van der Waals surface area contributed by atoms with Crippen molar-refractivity contribution in [1.29, 1.82) is 0 Å². The number of amides is 1. The molecule has 136 valence electrons. The van der Waals surface area contributed by atoms with Gasteiger partial charge in [0.2, 0.25) is 5.91 Å². The molecule has 0 radical (unpaired) electrons. The lowest BCUT2D eigenvalue weighted by molar-refractivity contribution is -0.128. The standard InChI is InChI=1S/C18H24N2O4S/c21-17-13-25-18(14-2-3-15-16(12-14)24-11-10-23-15)20(17)5-1-4-19-6-8-22-9-7-19/h2-3,12,18H,1,4-11,13H2. The van der Waals surface area contributed by atoms with Crippen LogP contribution in [0.2, 0.25) is 0 Å². The summed E-state index contributed by atoms with van der Waals surface area (Å²) in [6.45, 7) is 6.61. The SMILES string of the molecule is O=C1CSC(c2ccc3c(c2)OCCO3)N1CCCN1CCOCC1. The van der Waals surface area contributed by atoms with E-state index in [4.69, 9.17) is 14.2 Å². The minimum atomic E-state index is 0.0769. The molecule has 25 heavy (non-hydrogen) atoms. The molecule has 2 fully saturated rings. The van der Waals surface area contributed by atoms with E-state index in [0.29, 0.717) is 19.0 Å². The average Bonchev–Trinajstić information content (AvgIpc) is 3.03. The fraction of sp³-hybridized carbons (Fsp3) is 0.611. The number of fused-ring (bicyclic) bond motifs is 1. The van der Waals surface area contributed by atoms with Crippen molar-refractivity contribution in [2.45, 2.75) is 11.8 Å². The Balaban J connectivity index is 1.39. The van der Waals surface area contributed by atoms with Gasteiger partial charge in [0.15, 0.2) is 11.5 Å². The van der Waals surface area contributed by atoms with Crippen LogP contribution in [0.15, 0.2) is 18.2 Å². The van der Waals surface area contributed by atoms with Crippen molar-refractivity contribution in [1.82, 2.24) is 9.80 Å². The Morgan fingerprint density at radius 3 is 2.68 bits per heavy atom. The summed E-state index contributed by atoms with van der Waals surface area (Å²) in [5, 5.41) is 0.0769. The van der Waals surface area contributed by atoms with Gasteiger partial charge in [0, 0.05) is 26.2 Å². The first kappa shape index (κ1) is 17.0. The maximum absolute atomic E-state index is 12.3. The second-order valence-electron chi connectivity index (χ2n) is 6.46. The molecular weight excluding hydrogens is 340 g/mol. The highest BCUT2D eigenvalue weighted by Crippen LogP contribution is 2.42. The Kier molecular flexibility index (Phi) is 5.33. The zero-order valence-electron chi connectivity index (χ0n) is 14.3. The molecule has 3 heterocycles. The first-order valence-corrected chi connectivity index (χ1v) is 9.97. The molecule has 4 rings (SSSR count). The molecule has 1 amide bonds. The van der Waals surface area contributed by atoms with E-state index in [-0.39, 0.29) is 11.3 Å². The number of rotatable bonds is 5. The summed E-state index contributed by atoms with van der Waals surface area (Å²) in [5.41, 5.74) is 1.12. The van der Waals surface area contributed by atoms with Gasteiger partial charge in [0.1, 0.15) is 18.6 Å². The highest BCUT2D eigenvalue weighted by atomic mass is 32.2. The molecule has 0 bridgehead atoms. The van der Waals surface area contributed by atoms with Crippen LogP contribution in [0.3, 0.4) is 0 Å². The normalized spacial score (nSPS) is 23.9. The van der Waals surface area contributed by atoms with E-state index in [1.54, 1.807) is 11.8 Å². The molecule has 7 heteroatoms. The molecule has 3 aliphatic heterocycles. The maximum atomic E-state index is 12.3. The minimum absolute atomic E-state index is 0.0769. The van der Waals surface area contributed by atoms with Gasteiger partial charge in [-0.1, -0.05) is 6.07 Å². The van der Waals surface area contributed by atoms with Crippen LogP contribution in [0.5, 0.6) is 11.5 Å². The summed E-state index contributed by atoms with van der Waals surface area (Å²) in [7, 11) is 0. The number of ether oxygens (including phenoxy) is 3. The highest BCUT2D eigenvalue weighted by Gasteiger charge is 2.33. The molecule has 0 aliphatic carbocycles. The second-order valence-corrected chi connectivity index (χ2v) is 7.53. The monoisotopic (exact) mass is 364 g/mol. The molecule has 0 saturated carbocycles. The smallest absolute Gasteiger partial charge is 0.233 e. The van der Waals surface area contributed by atoms with Gasteiger partial charge in [0.05, 0.1) is 19.0 Å². The zero-order valence-corrected chi connectivity index (χ0v) is 15.1. The van der Waals surface area contributed by atoms with E-state index in [2.05, 4.69) is 11.0 Å². The Hall–Kier alpha value is -1.44. The number of benzene rings is 1. The quantitative estimate of drug-likeness (QED) is 0.794. The van der Waals surface area contributed by atoms with Gasteiger partial charge in [-0.25, -0.2) is 0 Å². The number of hydrogen-bond acceptors (Lipinski definition) is 6. The third-order valence-corrected chi connectivity index (χ3v) is 6.05. The van der Waals surface area contributed by atoms with Crippen LogP contribution in [0.4, 0.5) is 0 Å². The predicted octanol–water partition coefficient (Wildman–Crippen LogP) is 1.75. The van der Waals surface area contributed by atoms with Crippen LogP contribution < -0.4 is 9.47 Å². The molecule has 1 unspecified atom stereocenters. The van der Waals surface area contributed by atoms with Gasteiger partial charge in [-0.15, -0.1) is 11.8 Å². The molecular formula is C18H24N2O4S. The summed E-state index contributed by atoms with van der Waals surface area (Å²) in [5.74, 6) is 2.36. The molecule has 2 saturated heterocycles. The Bertz CT molecular complexity index is 621. The number of carbonyl (C=O) groups is 1.